The molecule has 0 aromatic carbocycles. The van der Waals surface area contributed by atoms with Gasteiger partial charge in [0.1, 0.15) is 0 Å². The van der Waals surface area contributed by atoms with Gasteiger partial charge in [-0.3, -0.25) is 0 Å². The van der Waals surface area contributed by atoms with Gasteiger partial charge in [0.25, 0.3) is 0 Å². The first-order valence-electron chi connectivity index (χ1n) is 7.07. The van der Waals surface area contributed by atoms with E-state index in [1.807, 2.05) is 0 Å². The van der Waals surface area contributed by atoms with Crippen LogP contribution in [0.15, 0.2) is 25.3 Å². The van der Waals surface area contributed by atoms with Crippen molar-refractivity contribution in [2.24, 2.45) is 23.7 Å². The van der Waals surface area contributed by atoms with Crippen LogP contribution < -0.4 is 0 Å². The van der Waals surface area contributed by atoms with E-state index in [0.29, 0.717) is 0 Å². The second-order valence-electron chi connectivity index (χ2n) is 5.93. The molecule has 3 fully saturated rings. The molecule has 0 saturated heterocycles. The molecule has 0 amide bonds. The minimum absolute atomic E-state index is 0. The Morgan fingerprint density at radius 1 is 0.647 bits per heavy atom. The van der Waals surface area contributed by atoms with Crippen LogP contribution in [0.25, 0.3) is 0 Å². The summed E-state index contributed by atoms with van der Waals surface area (Å²) in [6.45, 7) is 7.55. The van der Waals surface area contributed by atoms with Crippen LogP contribution in [0.2, 0.25) is 0 Å². The molecular formula is C16H26Ru. The number of allylic oxidation sites excluding steroid dienone is 2. The SMILES string of the molecule is C1CC2CCC1C2.C=CC1CCC(C=C)C1.[Ru]. The summed E-state index contributed by atoms with van der Waals surface area (Å²) in [5, 5.41) is 0. The Bertz CT molecular complexity index is 214. The van der Waals surface area contributed by atoms with Crippen LogP contribution in [0.1, 0.15) is 51.4 Å². The Kier molecular flexibility index (Phi) is 6.71. The summed E-state index contributed by atoms with van der Waals surface area (Å²) >= 11 is 0. The molecule has 3 rings (SSSR count). The van der Waals surface area contributed by atoms with Gasteiger partial charge in [-0.15, -0.1) is 13.2 Å². The average molecular weight is 319 g/mol. The van der Waals surface area contributed by atoms with Crippen molar-refractivity contribution in [3.63, 3.8) is 0 Å². The van der Waals surface area contributed by atoms with E-state index in [2.05, 4.69) is 25.3 Å². The van der Waals surface area contributed by atoms with Crippen molar-refractivity contribution in [2.45, 2.75) is 51.4 Å². The average Bonchev–Trinajstić information content (AvgIpc) is 3.06. The molecule has 2 unspecified atom stereocenters. The third-order valence-electron chi connectivity index (χ3n) is 4.81. The van der Waals surface area contributed by atoms with Gasteiger partial charge in [-0.25, -0.2) is 0 Å². The zero-order chi connectivity index (χ0) is 11.4. The zero-order valence-corrected chi connectivity index (χ0v) is 12.6. The molecule has 0 aliphatic heterocycles. The van der Waals surface area contributed by atoms with Crippen molar-refractivity contribution >= 4 is 0 Å². The van der Waals surface area contributed by atoms with E-state index in [9.17, 15) is 0 Å². The van der Waals surface area contributed by atoms with E-state index in [-0.39, 0.29) is 19.5 Å². The molecule has 0 radical (unpaired) electrons. The van der Waals surface area contributed by atoms with Gasteiger partial charge >= 0.3 is 0 Å². The Balaban J connectivity index is 0.000000164. The molecule has 98 valence electrons. The number of hydrogen-bond acceptors (Lipinski definition) is 0. The summed E-state index contributed by atoms with van der Waals surface area (Å²) in [6.07, 6.45) is 15.9. The van der Waals surface area contributed by atoms with Gasteiger partial charge in [0.05, 0.1) is 0 Å². The Morgan fingerprint density at radius 2 is 1.06 bits per heavy atom. The molecule has 1 heteroatoms. The molecule has 0 aromatic heterocycles. The Hall–Kier alpha value is 0.103. The van der Waals surface area contributed by atoms with Crippen molar-refractivity contribution in [3.8, 4) is 0 Å². The standard InChI is InChI=1S/C9H14.C7H12.Ru/c1-3-8-5-6-9(4-2)7-8;1-2-7-4-3-6(1)5-7;/h3-4,8-9H,1-2,5-7H2;6-7H,1-5H2;. The van der Waals surface area contributed by atoms with Gasteiger partial charge in [0.2, 0.25) is 0 Å². The van der Waals surface area contributed by atoms with Crippen LogP contribution in [-0.2, 0) is 19.5 Å². The van der Waals surface area contributed by atoms with E-state index >= 15 is 0 Å². The van der Waals surface area contributed by atoms with Gasteiger partial charge in [0.15, 0.2) is 0 Å². The zero-order valence-electron chi connectivity index (χ0n) is 10.9. The molecule has 0 spiro atoms. The van der Waals surface area contributed by atoms with E-state index in [1.165, 1.54) is 31.1 Å². The number of fused-ring (bicyclic) bond motifs is 2. The minimum atomic E-state index is 0. The van der Waals surface area contributed by atoms with Crippen LogP contribution in [0.3, 0.4) is 0 Å². The van der Waals surface area contributed by atoms with E-state index in [0.717, 1.165) is 11.8 Å². The summed E-state index contributed by atoms with van der Waals surface area (Å²) in [5.74, 6) is 3.89. The fourth-order valence-electron chi connectivity index (χ4n) is 3.66. The summed E-state index contributed by atoms with van der Waals surface area (Å²) in [4.78, 5) is 0. The van der Waals surface area contributed by atoms with Gasteiger partial charge in [-0.1, -0.05) is 37.8 Å². The first-order valence-corrected chi connectivity index (χ1v) is 7.07. The quantitative estimate of drug-likeness (QED) is 0.498. The summed E-state index contributed by atoms with van der Waals surface area (Å²) in [5.41, 5.74) is 0. The number of hydrogen-bond donors (Lipinski definition) is 0. The summed E-state index contributed by atoms with van der Waals surface area (Å²) in [6, 6.07) is 0. The molecule has 3 aliphatic rings. The molecule has 3 saturated carbocycles. The van der Waals surface area contributed by atoms with Crippen molar-refractivity contribution < 1.29 is 19.5 Å². The summed E-state index contributed by atoms with van der Waals surface area (Å²) in [7, 11) is 0. The monoisotopic (exact) mass is 320 g/mol. The molecule has 3 aliphatic carbocycles. The Labute approximate surface area is 120 Å². The van der Waals surface area contributed by atoms with Crippen LogP contribution in [0.5, 0.6) is 0 Å². The molecular weight excluding hydrogens is 293 g/mol. The first kappa shape index (κ1) is 15.2. The number of rotatable bonds is 2. The van der Waals surface area contributed by atoms with E-state index in [4.69, 9.17) is 0 Å². The van der Waals surface area contributed by atoms with Gasteiger partial charge in [0, 0.05) is 19.5 Å². The van der Waals surface area contributed by atoms with Gasteiger partial charge in [-0.2, -0.15) is 0 Å². The summed E-state index contributed by atoms with van der Waals surface area (Å²) < 4.78 is 0. The van der Waals surface area contributed by atoms with Crippen LogP contribution >= 0.6 is 0 Å². The Morgan fingerprint density at radius 3 is 1.24 bits per heavy atom. The fraction of sp³-hybridized carbons (Fsp3) is 0.750. The van der Waals surface area contributed by atoms with Crippen molar-refractivity contribution in [1.82, 2.24) is 0 Å². The fourth-order valence-corrected chi connectivity index (χ4v) is 3.66. The van der Waals surface area contributed by atoms with Gasteiger partial charge < -0.3 is 0 Å². The third kappa shape index (κ3) is 4.36. The maximum atomic E-state index is 3.78. The second-order valence-corrected chi connectivity index (χ2v) is 5.93. The second kappa shape index (κ2) is 7.52. The van der Waals surface area contributed by atoms with Crippen LogP contribution in [0, 0.1) is 23.7 Å². The molecule has 0 heterocycles. The van der Waals surface area contributed by atoms with E-state index in [1.54, 1.807) is 32.1 Å². The smallest absolute Gasteiger partial charge is 0 e. The normalized spacial score (nSPS) is 37.9. The van der Waals surface area contributed by atoms with E-state index < -0.39 is 0 Å². The third-order valence-corrected chi connectivity index (χ3v) is 4.81. The molecule has 17 heavy (non-hydrogen) atoms. The first-order chi connectivity index (χ1) is 7.81. The predicted octanol–water partition coefficient (Wildman–Crippen LogP) is 4.97. The molecule has 2 atom stereocenters. The molecule has 2 bridgehead atoms. The van der Waals surface area contributed by atoms with Gasteiger partial charge in [-0.05, 0) is 49.4 Å². The molecule has 0 aromatic rings. The largest absolute Gasteiger partial charge is 0.103 e. The maximum absolute atomic E-state index is 3.78. The van der Waals surface area contributed by atoms with Crippen LogP contribution in [-0.4, -0.2) is 0 Å². The van der Waals surface area contributed by atoms with Crippen LogP contribution in [0.4, 0.5) is 0 Å². The maximum Gasteiger partial charge on any atom is 0 e. The van der Waals surface area contributed by atoms with Crippen molar-refractivity contribution in [3.05, 3.63) is 25.3 Å². The molecule has 0 nitrogen and oxygen atoms in total. The minimum Gasteiger partial charge on any atom is -0.103 e. The van der Waals surface area contributed by atoms with Crippen molar-refractivity contribution in [2.75, 3.05) is 0 Å². The predicted molar refractivity (Wildman–Crippen MR) is 71.3 cm³/mol. The van der Waals surface area contributed by atoms with Crippen molar-refractivity contribution in [1.29, 1.82) is 0 Å². The molecule has 0 N–H and O–H groups in total. The topological polar surface area (TPSA) is 0 Å².